The van der Waals surface area contributed by atoms with Crippen molar-refractivity contribution >= 4 is 17.3 Å². The Morgan fingerprint density at radius 1 is 1.06 bits per heavy atom. The standard InChI is InChI=1S/C26H32N4OS/c1-17-13-18(2)15-21(14-17)30-19(3)16-22(20(30)4)25-24(23-9-6-7-10-27-23)28-26(32)29(25)11-8-12-31-5/h6-7,9-10,13-16,24-25H,8,11-12H2,1-5H3,(H,28,32). The smallest absolute Gasteiger partial charge is 0.170 e. The molecular formula is C26H32N4OS. The van der Waals surface area contributed by atoms with E-state index in [0.29, 0.717) is 6.61 Å². The van der Waals surface area contributed by atoms with E-state index < -0.39 is 0 Å². The van der Waals surface area contributed by atoms with Crippen LogP contribution in [-0.2, 0) is 4.74 Å². The lowest BCUT2D eigenvalue weighted by Gasteiger charge is -2.28. The molecule has 168 valence electrons. The molecule has 1 aliphatic rings. The largest absolute Gasteiger partial charge is 0.385 e. The van der Waals surface area contributed by atoms with Gasteiger partial charge in [-0.25, -0.2) is 0 Å². The Labute approximate surface area is 196 Å². The number of hydrogen-bond acceptors (Lipinski definition) is 3. The molecule has 0 radical (unpaired) electrons. The summed E-state index contributed by atoms with van der Waals surface area (Å²) in [5.74, 6) is 0. The van der Waals surface area contributed by atoms with E-state index in [1.54, 1.807) is 7.11 Å². The Morgan fingerprint density at radius 2 is 1.81 bits per heavy atom. The fourth-order valence-electron chi connectivity index (χ4n) is 4.93. The zero-order valence-corrected chi connectivity index (χ0v) is 20.4. The predicted molar refractivity (Wildman–Crippen MR) is 133 cm³/mol. The molecule has 5 nitrogen and oxygen atoms in total. The molecule has 0 aliphatic carbocycles. The number of benzene rings is 1. The van der Waals surface area contributed by atoms with Crippen LogP contribution in [-0.4, -0.2) is 39.8 Å². The molecule has 1 aliphatic heterocycles. The number of pyridine rings is 1. The van der Waals surface area contributed by atoms with Crippen molar-refractivity contribution in [1.82, 2.24) is 19.8 Å². The third kappa shape index (κ3) is 4.30. The minimum absolute atomic E-state index is 0.000518. The van der Waals surface area contributed by atoms with Gasteiger partial charge >= 0.3 is 0 Å². The van der Waals surface area contributed by atoms with Crippen molar-refractivity contribution in [2.24, 2.45) is 0 Å². The summed E-state index contributed by atoms with van der Waals surface area (Å²) >= 11 is 5.79. The molecule has 1 fully saturated rings. The third-order valence-corrected chi connectivity index (χ3v) is 6.55. The molecular weight excluding hydrogens is 416 g/mol. The van der Waals surface area contributed by atoms with Crippen LogP contribution in [0.2, 0.25) is 0 Å². The average molecular weight is 449 g/mol. The topological polar surface area (TPSA) is 42.3 Å². The van der Waals surface area contributed by atoms with Crippen LogP contribution in [0.15, 0.2) is 48.7 Å². The lowest BCUT2D eigenvalue weighted by atomic mass is 9.96. The molecule has 3 aromatic rings. The molecule has 0 saturated carbocycles. The van der Waals surface area contributed by atoms with Crippen LogP contribution in [0.25, 0.3) is 5.69 Å². The van der Waals surface area contributed by atoms with Gasteiger partial charge in [-0.1, -0.05) is 12.1 Å². The molecule has 2 aromatic heterocycles. The first-order valence-corrected chi connectivity index (χ1v) is 11.6. The predicted octanol–water partition coefficient (Wildman–Crippen LogP) is 5.11. The zero-order valence-electron chi connectivity index (χ0n) is 19.6. The molecule has 32 heavy (non-hydrogen) atoms. The molecule has 1 aromatic carbocycles. The Hall–Kier alpha value is -2.70. The summed E-state index contributed by atoms with van der Waals surface area (Å²) in [5.41, 5.74) is 8.49. The molecule has 0 amide bonds. The number of methoxy groups -OCH3 is 1. The first-order valence-electron chi connectivity index (χ1n) is 11.1. The maximum Gasteiger partial charge on any atom is 0.170 e. The number of ether oxygens (including phenoxy) is 1. The zero-order chi connectivity index (χ0) is 22.8. The van der Waals surface area contributed by atoms with Gasteiger partial charge in [-0.05, 0) is 93.4 Å². The number of rotatable bonds is 7. The van der Waals surface area contributed by atoms with E-state index in [1.165, 1.54) is 33.8 Å². The molecule has 2 atom stereocenters. The van der Waals surface area contributed by atoms with Crippen molar-refractivity contribution in [2.75, 3.05) is 20.3 Å². The van der Waals surface area contributed by atoms with Gasteiger partial charge in [-0.2, -0.15) is 0 Å². The van der Waals surface area contributed by atoms with Gasteiger partial charge in [0.05, 0.1) is 17.8 Å². The van der Waals surface area contributed by atoms with Crippen molar-refractivity contribution in [1.29, 1.82) is 0 Å². The minimum Gasteiger partial charge on any atom is -0.385 e. The first kappa shape index (κ1) is 22.5. The van der Waals surface area contributed by atoms with Crippen molar-refractivity contribution in [2.45, 2.75) is 46.2 Å². The third-order valence-electron chi connectivity index (χ3n) is 6.20. The summed E-state index contributed by atoms with van der Waals surface area (Å²) in [6.07, 6.45) is 2.77. The number of nitrogens with one attached hydrogen (secondary N) is 1. The number of nitrogens with zero attached hydrogens (tertiary/aromatic N) is 3. The van der Waals surface area contributed by atoms with Gasteiger partial charge in [0.1, 0.15) is 0 Å². The van der Waals surface area contributed by atoms with Crippen LogP contribution in [0.5, 0.6) is 0 Å². The summed E-state index contributed by atoms with van der Waals surface area (Å²) in [7, 11) is 1.74. The van der Waals surface area contributed by atoms with Crippen LogP contribution in [0.4, 0.5) is 0 Å². The van der Waals surface area contributed by atoms with E-state index in [-0.39, 0.29) is 12.1 Å². The number of aromatic nitrogens is 2. The van der Waals surface area contributed by atoms with Crippen molar-refractivity contribution in [3.8, 4) is 5.69 Å². The maximum absolute atomic E-state index is 5.79. The highest BCUT2D eigenvalue weighted by Gasteiger charge is 2.41. The molecule has 0 spiro atoms. The van der Waals surface area contributed by atoms with Crippen LogP contribution in [0.1, 0.15) is 52.3 Å². The molecule has 1 N–H and O–H groups in total. The Morgan fingerprint density at radius 3 is 2.47 bits per heavy atom. The van der Waals surface area contributed by atoms with Gasteiger partial charge in [0, 0.05) is 43.5 Å². The first-order chi connectivity index (χ1) is 15.4. The monoisotopic (exact) mass is 448 g/mol. The van der Waals surface area contributed by atoms with E-state index in [1.807, 2.05) is 18.3 Å². The molecule has 2 unspecified atom stereocenters. The summed E-state index contributed by atoms with van der Waals surface area (Å²) < 4.78 is 7.67. The molecule has 3 heterocycles. The van der Waals surface area contributed by atoms with E-state index in [4.69, 9.17) is 17.0 Å². The number of hydrogen-bond donors (Lipinski definition) is 1. The highest BCUT2D eigenvalue weighted by molar-refractivity contribution is 7.80. The fraction of sp³-hybridized carbons (Fsp3) is 0.385. The quantitative estimate of drug-likeness (QED) is 0.402. The second kappa shape index (κ2) is 9.43. The maximum atomic E-state index is 5.79. The average Bonchev–Trinajstić information content (AvgIpc) is 3.23. The van der Waals surface area contributed by atoms with E-state index in [0.717, 1.165) is 23.8 Å². The summed E-state index contributed by atoms with van der Waals surface area (Å²) in [5, 5.41) is 4.33. The van der Waals surface area contributed by atoms with Gasteiger partial charge in [0.25, 0.3) is 0 Å². The molecule has 4 rings (SSSR count). The van der Waals surface area contributed by atoms with Crippen LogP contribution < -0.4 is 5.32 Å². The van der Waals surface area contributed by atoms with Gasteiger partial charge < -0.3 is 19.5 Å². The van der Waals surface area contributed by atoms with E-state index in [9.17, 15) is 0 Å². The Bertz CT molecular complexity index is 1090. The van der Waals surface area contributed by atoms with E-state index in [2.05, 4.69) is 77.8 Å². The normalized spacial score (nSPS) is 18.3. The fourth-order valence-corrected chi connectivity index (χ4v) is 5.26. The summed E-state index contributed by atoms with van der Waals surface area (Å²) in [6, 6.07) is 15.2. The van der Waals surface area contributed by atoms with Gasteiger partial charge in [0.2, 0.25) is 0 Å². The van der Waals surface area contributed by atoms with Crippen LogP contribution in [0.3, 0.4) is 0 Å². The highest BCUT2D eigenvalue weighted by atomic mass is 32.1. The van der Waals surface area contributed by atoms with Gasteiger partial charge in [-0.15, -0.1) is 0 Å². The molecule has 1 saturated heterocycles. The Balaban J connectivity index is 1.80. The van der Waals surface area contributed by atoms with Gasteiger partial charge in [-0.3, -0.25) is 4.98 Å². The second-order valence-electron chi connectivity index (χ2n) is 8.67. The van der Waals surface area contributed by atoms with Gasteiger partial charge in [0.15, 0.2) is 5.11 Å². The van der Waals surface area contributed by atoms with Crippen LogP contribution >= 0.6 is 12.2 Å². The molecule has 0 bridgehead atoms. The Kier molecular flexibility index (Phi) is 6.63. The van der Waals surface area contributed by atoms with Crippen molar-refractivity contribution < 1.29 is 4.74 Å². The minimum atomic E-state index is -0.000518. The summed E-state index contributed by atoms with van der Waals surface area (Å²) in [6.45, 7) is 10.2. The lowest BCUT2D eigenvalue weighted by molar-refractivity contribution is 0.180. The molecule has 6 heteroatoms. The van der Waals surface area contributed by atoms with Crippen molar-refractivity contribution in [3.05, 3.63) is 82.4 Å². The second-order valence-corrected chi connectivity index (χ2v) is 9.06. The number of aryl methyl sites for hydroxylation is 3. The van der Waals surface area contributed by atoms with Crippen molar-refractivity contribution in [3.63, 3.8) is 0 Å². The van der Waals surface area contributed by atoms with Crippen LogP contribution in [0, 0.1) is 27.7 Å². The highest BCUT2D eigenvalue weighted by Crippen LogP contribution is 2.41. The SMILES string of the molecule is COCCCN1C(=S)NC(c2ccccn2)C1c1cc(C)n(-c2cc(C)cc(C)c2)c1C. The van der Waals surface area contributed by atoms with E-state index >= 15 is 0 Å². The number of thiocarbonyl (C=S) groups is 1. The lowest BCUT2D eigenvalue weighted by Crippen LogP contribution is -2.31. The summed E-state index contributed by atoms with van der Waals surface area (Å²) in [4.78, 5) is 6.97.